The maximum absolute atomic E-state index is 4.23. The Morgan fingerprint density at radius 1 is 1.29 bits per heavy atom. The lowest BCUT2D eigenvalue weighted by molar-refractivity contribution is 0.734. The van der Waals surface area contributed by atoms with Gasteiger partial charge in [0.2, 0.25) is 0 Å². The average molecular weight is 246 g/mol. The van der Waals surface area contributed by atoms with Crippen LogP contribution in [0.5, 0.6) is 0 Å². The zero-order valence-corrected chi connectivity index (χ0v) is 9.76. The van der Waals surface area contributed by atoms with Crippen molar-refractivity contribution in [2.24, 2.45) is 0 Å². The van der Waals surface area contributed by atoms with Crippen molar-refractivity contribution < 1.29 is 0 Å². The van der Waals surface area contributed by atoms with E-state index < -0.39 is 0 Å². The number of nitrogens with zero attached hydrogens (tertiary/aromatic N) is 5. The number of hydrogen-bond acceptors (Lipinski definition) is 6. The molecule has 7 heteroatoms. The lowest BCUT2D eigenvalue weighted by Gasteiger charge is -2.03. The molecule has 0 saturated heterocycles. The van der Waals surface area contributed by atoms with Crippen LogP contribution in [0.4, 0.5) is 5.82 Å². The van der Waals surface area contributed by atoms with Crippen molar-refractivity contribution in [2.75, 3.05) is 11.9 Å². The van der Waals surface area contributed by atoms with Gasteiger partial charge in [0, 0.05) is 11.4 Å². The molecule has 0 aliphatic rings. The molecule has 86 valence electrons. The van der Waals surface area contributed by atoms with Crippen LogP contribution >= 0.6 is 11.3 Å². The Labute approximate surface area is 101 Å². The fraction of sp³-hybridized carbons (Fsp3) is 0.200. The lowest BCUT2D eigenvalue weighted by atomic mass is 10.3. The third-order valence-electron chi connectivity index (χ3n) is 2.33. The van der Waals surface area contributed by atoms with Gasteiger partial charge >= 0.3 is 0 Å². The predicted molar refractivity (Wildman–Crippen MR) is 65.1 cm³/mol. The fourth-order valence-electron chi connectivity index (χ4n) is 1.51. The highest BCUT2D eigenvalue weighted by Gasteiger charge is 2.00. The van der Waals surface area contributed by atoms with Gasteiger partial charge in [0.05, 0.1) is 0 Å². The van der Waals surface area contributed by atoms with Crippen molar-refractivity contribution in [3.05, 3.63) is 34.5 Å². The zero-order valence-electron chi connectivity index (χ0n) is 8.95. The van der Waals surface area contributed by atoms with Gasteiger partial charge in [-0.25, -0.2) is 0 Å². The molecule has 3 heterocycles. The first-order valence-electron chi connectivity index (χ1n) is 5.23. The molecule has 17 heavy (non-hydrogen) atoms. The van der Waals surface area contributed by atoms with E-state index in [9.17, 15) is 0 Å². The maximum Gasteiger partial charge on any atom is 0.200 e. The predicted octanol–water partition coefficient (Wildman–Crippen LogP) is 1.24. The quantitative estimate of drug-likeness (QED) is 0.750. The first kappa shape index (κ1) is 10.2. The molecule has 0 bridgehead atoms. The molecule has 0 aliphatic heterocycles. The normalized spacial score (nSPS) is 10.8. The highest BCUT2D eigenvalue weighted by molar-refractivity contribution is 7.09. The van der Waals surface area contributed by atoms with E-state index in [-0.39, 0.29) is 0 Å². The number of hydrogen-bond donors (Lipinski definition) is 1. The second-order valence-electron chi connectivity index (χ2n) is 3.50. The van der Waals surface area contributed by atoms with Gasteiger partial charge in [-0.3, -0.25) is 0 Å². The van der Waals surface area contributed by atoms with E-state index in [1.165, 1.54) is 9.51 Å². The first-order valence-corrected chi connectivity index (χ1v) is 6.11. The molecule has 0 aliphatic carbocycles. The molecule has 1 N–H and O–H groups in total. The Balaban J connectivity index is 1.64. The number of nitrogens with one attached hydrogen (secondary N) is 1. The van der Waals surface area contributed by atoms with Gasteiger partial charge in [-0.1, -0.05) is 6.07 Å². The smallest absolute Gasteiger partial charge is 0.200 e. The van der Waals surface area contributed by atoms with Crippen molar-refractivity contribution in [1.29, 1.82) is 0 Å². The topological polar surface area (TPSA) is 68.0 Å². The van der Waals surface area contributed by atoms with Crippen LogP contribution in [0.25, 0.3) is 5.65 Å². The van der Waals surface area contributed by atoms with Gasteiger partial charge in [-0.15, -0.1) is 26.2 Å². The molecule has 0 aromatic carbocycles. The van der Waals surface area contributed by atoms with Crippen molar-refractivity contribution in [3.63, 3.8) is 0 Å². The molecular weight excluding hydrogens is 236 g/mol. The molecule has 0 atom stereocenters. The summed E-state index contributed by atoms with van der Waals surface area (Å²) in [7, 11) is 0. The molecular formula is C10H10N6S. The second-order valence-corrected chi connectivity index (χ2v) is 4.53. The maximum atomic E-state index is 4.23. The number of tetrazole rings is 1. The Morgan fingerprint density at radius 3 is 3.18 bits per heavy atom. The highest BCUT2D eigenvalue weighted by Crippen LogP contribution is 2.09. The molecule has 0 fully saturated rings. The van der Waals surface area contributed by atoms with Crippen molar-refractivity contribution in [3.8, 4) is 0 Å². The van der Waals surface area contributed by atoms with E-state index >= 15 is 0 Å². The minimum atomic E-state index is 0.647. The van der Waals surface area contributed by atoms with Gasteiger partial charge in [-0.2, -0.15) is 0 Å². The van der Waals surface area contributed by atoms with Gasteiger partial charge < -0.3 is 5.32 Å². The lowest BCUT2D eigenvalue weighted by Crippen LogP contribution is -2.07. The largest absolute Gasteiger partial charge is 0.368 e. The van der Waals surface area contributed by atoms with E-state index in [1.807, 2.05) is 12.1 Å². The van der Waals surface area contributed by atoms with Crippen molar-refractivity contribution in [2.45, 2.75) is 6.42 Å². The molecule has 3 aromatic heterocycles. The molecule has 0 unspecified atom stereocenters. The average Bonchev–Trinajstić information content (AvgIpc) is 2.98. The van der Waals surface area contributed by atoms with Crippen LogP contribution in [0.15, 0.2) is 29.6 Å². The van der Waals surface area contributed by atoms with Crippen LogP contribution in [0.3, 0.4) is 0 Å². The summed E-state index contributed by atoms with van der Waals surface area (Å²) in [5.74, 6) is 0.779. The summed E-state index contributed by atoms with van der Waals surface area (Å²) in [4.78, 5) is 1.36. The third kappa shape index (κ3) is 2.23. The molecule has 0 radical (unpaired) electrons. The SMILES string of the molecule is c1csc(CCNc2ccc3nnnn3n2)c1. The monoisotopic (exact) mass is 246 g/mol. The van der Waals surface area contributed by atoms with Gasteiger partial charge in [0.25, 0.3) is 0 Å². The van der Waals surface area contributed by atoms with E-state index in [4.69, 9.17) is 0 Å². The minimum Gasteiger partial charge on any atom is -0.368 e. The molecule has 3 rings (SSSR count). The number of aromatic nitrogens is 5. The summed E-state index contributed by atoms with van der Waals surface area (Å²) < 4.78 is 1.41. The summed E-state index contributed by atoms with van der Waals surface area (Å²) in [5.41, 5.74) is 0.647. The third-order valence-corrected chi connectivity index (χ3v) is 3.26. The van der Waals surface area contributed by atoms with Crippen LogP contribution in [-0.2, 0) is 6.42 Å². The zero-order chi connectivity index (χ0) is 11.5. The minimum absolute atomic E-state index is 0.647. The fourth-order valence-corrected chi connectivity index (χ4v) is 2.22. The summed E-state index contributed by atoms with van der Waals surface area (Å²) >= 11 is 1.76. The standard InChI is InChI=1S/C10H10N6S/c1-2-8(17-7-1)5-6-11-9-3-4-10-12-14-15-16(10)13-9/h1-4,7H,5-6H2,(H,11,13). The van der Waals surface area contributed by atoms with E-state index in [0.29, 0.717) is 5.65 Å². The molecule has 0 amide bonds. The van der Waals surface area contributed by atoms with Crippen LogP contribution in [0, 0.1) is 0 Å². The number of thiophene rings is 1. The van der Waals surface area contributed by atoms with E-state index in [2.05, 4.69) is 43.5 Å². The van der Waals surface area contributed by atoms with Crippen LogP contribution in [-0.4, -0.2) is 31.8 Å². The Kier molecular flexibility index (Phi) is 2.66. The van der Waals surface area contributed by atoms with Crippen LogP contribution in [0.2, 0.25) is 0 Å². The Hall–Kier alpha value is -2.02. The van der Waals surface area contributed by atoms with Gasteiger partial charge in [-0.05, 0) is 40.4 Å². The summed E-state index contributed by atoms with van der Waals surface area (Å²) in [6.07, 6.45) is 0.993. The second kappa shape index (κ2) is 4.46. The summed E-state index contributed by atoms with van der Waals surface area (Å²) in [6.45, 7) is 0.848. The number of rotatable bonds is 4. The number of fused-ring (bicyclic) bond motifs is 1. The molecule has 6 nitrogen and oxygen atoms in total. The summed E-state index contributed by atoms with van der Waals surface area (Å²) in [5, 5.41) is 20.6. The van der Waals surface area contributed by atoms with Gasteiger partial charge in [0.15, 0.2) is 5.65 Å². The number of anilines is 1. The van der Waals surface area contributed by atoms with Gasteiger partial charge in [0.1, 0.15) is 5.82 Å². The van der Waals surface area contributed by atoms with Crippen molar-refractivity contribution in [1.82, 2.24) is 25.3 Å². The highest BCUT2D eigenvalue weighted by atomic mass is 32.1. The Bertz CT molecular complexity index is 602. The molecule has 0 saturated carbocycles. The van der Waals surface area contributed by atoms with E-state index in [1.54, 1.807) is 11.3 Å². The van der Waals surface area contributed by atoms with E-state index in [0.717, 1.165) is 18.8 Å². The van der Waals surface area contributed by atoms with Crippen LogP contribution < -0.4 is 5.32 Å². The van der Waals surface area contributed by atoms with Crippen LogP contribution in [0.1, 0.15) is 4.88 Å². The molecule has 3 aromatic rings. The van der Waals surface area contributed by atoms with Crippen molar-refractivity contribution >= 4 is 22.8 Å². The first-order chi connectivity index (χ1) is 8.42. The Morgan fingerprint density at radius 2 is 2.29 bits per heavy atom. The molecule has 0 spiro atoms. The summed E-state index contributed by atoms with van der Waals surface area (Å²) in [6, 6.07) is 7.90.